The van der Waals surface area contributed by atoms with Gasteiger partial charge in [-0.05, 0) is 31.5 Å². The largest absolute Gasteiger partial charge is 0.494 e. The van der Waals surface area contributed by atoms with Crippen LogP contribution in [0.2, 0.25) is 5.02 Å². The molecule has 0 fully saturated rings. The van der Waals surface area contributed by atoms with E-state index >= 15 is 0 Å². The van der Waals surface area contributed by atoms with Crippen LogP contribution in [0, 0.1) is 0 Å². The number of rotatable bonds is 4. The first-order chi connectivity index (χ1) is 13.9. The molecule has 9 nitrogen and oxygen atoms in total. The lowest BCUT2D eigenvalue weighted by Crippen LogP contribution is -2.39. The van der Waals surface area contributed by atoms with Crippen molar-refractivity contribution in [3.63, 3.8) is 0 Å². The Morgan fingerprint density at radius 2 is 1.66 bits per heavy atom. The van der Waals surface area contributed by atoms with Crippen LogP contribution in [0.5, 0.6) is 5.88 Å². The number of hydrogen-bond acceptors (Lipinski definition) is 5. The molecule has 0 saturated heterocycles. The SMILES string of the molecule is CCn1c(=O)c2c(nc3n(Cc4ccc(Cl)cc4)c(=O)cc(O)n23)n(CC)c1=O. The van der Waals surface area contributed by atoms with Crippen LogP contribution in [0.25, 0.3) is 16.9 Å². The molecule has 3 aromatic heterocycles. The van der Waals surface area contributed by atoms with E-state index in [0.717, 1.165) is 16.2 Å². The van der Waals surface area contributed by atoms with Gasteiger partial charge in [-0.15, -0.1) is 0 Å². The zero-order chi connectivity index (χ0) is 20.9. The van der Waals surface area contributed by atoms with E-state index in [1.165, 1.54) is 13.5 Å². The number of benzene rings is 1. The van der Waals surface area contributed by atoms with E-state index < -0.39 is 22.7 Å². The maximum Gasteiger partial charge on any atom is 0.332 e. The molecule has 0 unspecified atom stereocenters. The van der Waals surface area contributed by atoms with Gasteiger partial charge in [0.15, 0.2) is 11.2 Å². The number of aromatic hydroxyl groups is 1. The van der Waals surface area contributed by atoms with Crippen LogP contribution in [0.4, 0.5) is 0 Å². The van der Waals surface area contributed by atoms with Gasteiger partial charge >= 0.3 is 5.69 Å². The molecule has 4 rings (SSSR count). The highest BCUT2D eigenvalue weighted by atomic mass is 35.5. The maximum absolute atomic E-state index is 12.9. The van der Waals surface area contributed by atoms with Crippen molar-refractivity contribution in [2.24, 2.45) is 0 Å². The molecule has 0 radical (unpaired) electrons. The van der Waals surface area contributed by atoms with Crippen molar-refractivity contribution in [1.82, 2.24) is 23.1 Å². The van der Waals surface area contributed by atoms with E-state index in [2.05, 4.69) is 4.98 Å². The van der Waals surface area contributed by atoms with Crippen LogP contribution < -0.4 is 16.8 Å². The Morgan fingerprint density at radius 1 is 1.00 bits per heavy atom. The molecule has 0 saturated carbocycles. The highest BCUT2D eigenvalue weighted by Gasteiger charge is 2.21. The third-order valence-electron chi connectivity index (χ3n) is 4.88. The molecule has 0 aliphatic heterocycles. The molecule has 0 bridgehead atoms. The summed E-state index contributed by atoms with van der Waals surface area (Å²) in [6.45, 7) is 4.05. The van der Waals surface area contributed by atoms with Crippen LogP contribution in [0.15, 0.2) is 44.7 Å². The van der Waals surface area contributed by atoms with E-state index in [9.17, 15) is 19.5 Å². The minimum Gasteiger partial charge on any atom is -0.494 e. The summed E-state index contributed by atoms with van der Waals surface area (Å²) in [7, 11) is 0. The average Bonchev–Trinajstić information content (AvgIpc) is 3.08. The summed E-state index contributed by atoms with van der Waals surface area (Å²) in [5.41, 5.74) is -0.584. The van der Waals surface area contributed by atoms with Crippen molar-refractivity contribution in [2.45, 2.75) is 33.5 Å². The highest BCUT2D eigenvalue weighted by molar-refractivity contribution is 6.30. The van der Waals surface area contributed by atoms with Crippen molar-refractivity contribution in [1.29, 1.82) is 0 Å². The van der Waals surface area contributed by atoms with E-state index in [-0.39, 0.29) is 36.6 Å². The van der Waals surface area contributed by atoms with Crippen LogP contribution in [-0.2, 0) is 19.6 Å². The molecule has 3 heterocycles. The summed E-state index contributed by atoms with van der Waals surface area (Å²) < 4.78 is 4.98. The van der Waals surface area contributed by atoms with Crippen LogP contribution >= 0.6 is 11.6 Å². The summed E-state index contributed by atoms with van der Waals surface area (Å²) in [6.07, 6.45) is 0. The highest BCUT2D eigenvalue weighted by Crippen LogP contribution is 2.19. The van der Waals surface area contributed by atoms with Crippen LogP contribution in [0.1, 0.15) is 19.4 Å². The zero-order valence-electron chi connectivity index (χ0n) is 15.8. The van der Waals surface area contributed by atoms with E-state index in [1.54, 1.807) is 38.1 Å². The molecule has 4 aromatic rings. The van der Waals surface area contributed by atoms with Gasteiger partial charge in [0.05, 0.1) is 12.6 Å². The Labute approximate surface area is 168 Å². The summed E-state index contributed by atoms with van der Waals surface area (Å²) in [5, 5.41) is 11.0. The molecule has 10 heteroatoms. The van der Waals surface area contributed by atoms with Gasteiger partial charge in [0, 0.05) is 18.1 Å². The molecule has 29 heavy (non-hydrogen) atoms. The van der Waals surface area contributed by atoms with Gasteiger partial charge in [-0.3, -0.25) is 23.3 Å². The lowest BCUT2D eigenvalue weighted by Gasteiger charge is -2.09. The molecular weight excluding hydrogens is 398 g/mol. The summed E-state index contributed by atoms with van der Waals surface area (Å²) >= 11 is 5.92. The Hall–Kier alpha value is -3.33. The molecule has 0 spiro atoms. The standard InChI is InChI=1S/C19H18ClN5O4/c1-3-22-16-15(17(28)23(4-2)19(22)29)25-14(27)9-13(26)24(18(25)21-16)10-11-5-7-12(20)8-6-11/h5-9,27H,3-4,10H2,1-2H3. The predicted molar refractivity (Wildman–Crippen MR) is 109 cm³/mol. The lowest BCUT2D eigenvalue weighted by atomic mass is 10.2. The molecule has 1 aromatic carbocycles. The number of imidazole rings is 1. The van der Waals surface area contributed by atoms with Gasteiger partial charge in [0.2, 0.25) is 11.7 Å². The molecule has 0 aliphatic carbocycles. The first kappa shape index (κ1) is 19.0. The first-order valence-corrected chi connectivity index (χ1v) is 9.48. The quantitative estimate of drug-likeness (QED) is 0.543. The van der Waals surface area contributed by atoms with Gasteiger partial charge in [0.25, 0.3) is 11.1 Å². The number of aryl methyl sites for hydroxylation is 1. The predicted octanol–water partition coefficient (Wildman–Crippen LogP) is 1.42. The smallest absolute Gasteiger partial charge is 0.332 e. The van der Waals surface area contributed by atoms with Crippen molar-refractivity contribution >= 4 is 28.5 Å². The minimum atomic E-state index is -0.573. The fourth-order valence-electron chi connectivity index (χ4n) is 3.46. The van der Waals surface area contributed by atoms with E-state index in [1.807, 2.05) is 0 Å². The number of hydrogen-bond donors (Lipinski definition) is 1. The second-order valence-electron chi connectivity index (χ2n) is 6.55. The Morgan fingerprint density at radius 3 is 2.28 bits per heavy atom. The fraction of sp³-hybridized carbons (Fsp3) is 0.263. The van der Waals surface area contributed by atoms with Crippen LogP contribution in [0.3, 0.4) is 0 Å². The molecule has 150 valence electrons. The minimum absolute atomic E-state index is 0.0469. The van der Waals surface area contributed by atoms with E-state index in [0.29, 0.717) is 5.02 Å². The van der Waals surface area contributed by atoms with Crippen molar-refractivity contribution in [2.75, 3.05) is 0 Å². The second-order valence-corrected chi connectivity index (χ2v) is 6.99. The summed E-state index contributed by atoms with van der Waals surface area (Å²) in [5.74, 6) is -0.339. The third-order valence-corrected chi connectivity index (χ3v) is 5.13. The van der Waals surface area contributed by atoms with Crippen molar-refractivity contribution in [3.8, 4) is 5.88 Å². The van der Waals surface area contributed by atoms with Gasteiger partial charge in [-0.2, -0.15) is 4.98 Å². The molecule has 0 aliphatic rings. The normalized spacial score (nSPS) is 11.6. The Kier molecular flexibility index (Phi) is 4.54. The number of nitrogens with zero attached hydrogens (tertiary/aromatic N) is 5. The number of halogens is 1. The van der Waals surface area contributed by atoms with E-state index in [4.69, 9.17) is 11.6 Å². The summed E-state index contributed by atoms with van der Waals surface area (Å²) in [4.78, 5) is 42.6. The van der Waals surface area contributed by atoms with Gasteiger partial charge in [-0.25, -0.2) is 9.20 Å². The Balaban J connectivity index is 2.13. The molecular formula is C19H18ClN5O4. The fourth-order valence-corrected chi connectivity index (χ4v) is 3.59. The third kappa shape index (κ3) is 2.85. The molecule has 1 N–H and O–H groups in total. The van der Waals surface area contributed by atoms with Crippen molar-refractivity contribution < 1.29 is 5.11 Å². The van der Waals surface area contributed by atoms with Gasteiger partial charge in [0.1, 0.15) is 0 Å². The topological polar surface area (TPSA) is 104 Å². The van der Waals surface area contributed by atoms with Gasteiger partial charge in [-0.1, -0.05) is 23.7 Å². The average molecular weight is 416 g/mol. The molecule has 0 amide bonds. The van der Waals surface area contributed by atoms with Crippen LogP contribution in [-0.4, -0.2) is 28.2 Å². The monoisotopic (exact) mass is 415 g/mol. The summed E-state index contributed by atoms with van der Waals surface area (Å²) in [6, 6.07) is 7.98. The molecule has 0 atom stereocenters. The number of fused-ring (bicyclic) bond motifs is 3. The maximum atomic E-state index is 12.9. The lowest BCUT2D eigenvalue weighted by molar-refractivity contribution is 0.442. The zero-order valence-corrected chi connectivity index (χ0v) is 16.5. The van der Waals surface area contributed by atoms with Gasteiger partial charge < -0.3 is 5.11 Å². The first-order valence-electron chi connectivity index (χ1n) is 9.10. The number of aromatic nitrogens is 5. The van der Waals surface area contributed by atoms with Crippen molar-refractivity contribution in [3.05, 3.63) is 72.1 Å². The second kappa shape index (κ2) is 6.93. The Bertz CT molecular complexity index is 1430.